The van der Waals surface area contributed by atoms with Gasteiger partial charge in [0.2, 0.25) is 0 Å². The lowest BCUT2D eigenvalue weighted by Gasteiger charge is -2.38. The van der Waals surface area contributed by atoms with E-state index in [4.69, 9.17) is 16.3 Å². The van der Waals surface area contributed by atoms with Crippen molar-refractivity contribution in [2.45, 2.75) is 39.0 Å². The first kappa shape index (κ1) is 22.4. The van der Waals surface area contributed by atoms with Crippen LogP contribution < -0.4 is 10.9 Å². The minimum absolute atomic E-state index is 0.0123. The van der Waals surface area contributed by atoms with Gasteiger partial charge >= 0.3 is 0 Å². The van der Waals surface area contributed by atoms with Crippen LogP contribution in [-0.2, 0) is 11.3 Å². The van der Waals surface area contributed by atoms with Crippen LogP contribution >= 0.6 is 11.6 Å². The van der Waals surface area contributed by atoms with E-state index in [0.717, 1.165) is 6.42 Å². The van der Waals surface area contributed by atoms with Crippen LogP contribution in [0, 0.1) is 5.82 Å². The van der Waals surface area contributed by atoms with Crippen molar-refractivity contribution in [3.8, 4) is 0 Å². The zero-order valence-corrected chi connectivity index (χ0v) is 17.9. The van der Waals surface area contributed by atoms with Crippen LogP contribution in [0.3, 0.4) is 0 Å². The number of hydrogen-bond donors (Lipinski definition) is 1. The number of aromatic nitrogens is 2. The van der Waals surface area contributed by atoms with Crippen LogP contribution in [0.2, 0.25) is 5.02 Å². The smallest absolute Gasteiger partial charge is 0.271 e. The van der Waals surface area contributed by atoms with Gasteiger partial charge in [0.1, 0.15) is 11.5 Å². The summed E-state index contributed by atoms with van der Waals surface area (Å²) in [7, 11) is 0. The number of halogens is 2. The predicted molar refractivity (Wildman–Crippen MR) is 112 cm³/mol. The Bertz CT molecular complexity index is 932. The van der Waals surface area contributed by atoms with E-state index in [-0.39, 0.29) is 23.9 Å². The van der Waals surface area contributed by atoms with Gasteiger partial charge in [-0.05, 0) is 31.5 Å². The van der Waals surface area contributed by atoms with Crippen LogP contribution in [0.4, 0.5) is 4.39 Å². The number of benzene rings is 1. The van der Waals surface area contributed by atoms with E-state index in [0.29, 0.717) is 36.8 Å². The molecule has 162 valence electrons. The molecular formula is C21H26ClFN4O3. The third-order valence-corrected chi connectivity index (χ3v) is 5.37. The van der Waals surface area contributed by atoms with Crippen molar-refractivity contribution in [2.24, 2.45) is 0 Å². The minimum atomic E-state index is -0.462. The molecule has 2 heterocycles. The molecule has 2 unspecified atom stereocenters. The number of rotatable bonds is 7. The monoisotopic (exact) mass is 436 g/mol. The van der Waals surface area contributed by atoms with Gasteiger partial charge in [0.05, 0.1) is 18.8 Å². The fourth-order valence-electron chi connectivity index (χ4n) is 3.59. The van der Waals surface area contributed by atoms with Gasteiger partial charge in [-0.2, -0.15) is 5.10 Å². The Hall–Kier alpha value is -2.29. The van der Waals surface area contributed by atoms with Gasteiger partial charge in [-0.1, -0.05) is 24.6 Å². The fraction of sp³-hybridized carbons (Fsp3) is 0.476. The maximum absolute atomic E-state index is 14.7. The molecule has 0 bridgehead atoms. The standard InChI is InChI=1S/C21H26ClFN4O3/c1-3-9-27-19(28)8-7-17(25-27)21(29)24-12-18(26-10-11-30-14(2)13-26)20-15(22)5-4-6-16(20)23/h4-8,14,18H,3,9-13H2,1-2H3,(H,24,29). The number of carbonyl (C=O) groups excluding carboxylic acids is 1. The quantitative estimate of drug-likeness (QED) is 0.722. The third-order valence-electron chi connectivity index (χ3n) is 5.04. The molecule has 1 aromatic heterocycles. The van der Waals surface area contributed by atoms with Crippen molar-refractivity contribution < 1.29 is 13.9 Å². The lowest BCUT2D eigenvalue weighted by atomic mass is 10.0. The highest BCUT2D eigenvalue weighted by Crippen LogP contribution is 2.31. The van der Waals surface area contributed by atoms with Crippen molar-refractivity contribution in [2.75, 3.05) is 26.2 Å². The van der Waals surface area contributed by atoms with E-state index in [1.807, 2.05) is 13.8 Å². The zero-order chi connectivity index (χ0) is 21.7. The van der Waals surface area contributed by atoms with Crippen LogP contribution in [0.5, 0.6) is 0 Å². The lowest BCUT2D eigenvalue weighted by Crippen LogP contribution is -2.47. The highest BCUT2D eigenvalue weighted by atomic mass is 35.5. The second-order valence-corrected chi connectivity index (χ2v) is 7.72. The molecule has 2 atom stereocenters. The zero-order valence-electron chi connectivity index (χ0n) is 17.1. The number of nitrogens with one attached hydrogen (secondary N) is 1. The largest absolute Gasteiger partial charge is 0.376 e. The fourth-order valence-corrected chi connectivity index (χ4v) is 3.88. The van der Waals surface area contributed by atoms with Crippen LogP contribution in [0.25, 0.3) is 0 Å². The Morgan fingerprint density at radius 1 is 1.40 bits per heavy atom. The molecule has 1 amide bonds. The van der Waals surface area contributed by atoms with Crippen molar-refractivity contribution >= 4 is 17.5 Å². The number of amides is 1. The van der Waals surface area contributed by atoms with Gasteiger partial charge in [0.25, 0.3) is 11.5 Å². The van der Waals surface area contributed by atoms with Gasteiger partial charge in [0.15, 0.2) is 0 Å². The Balaban J connectivity index is 1.82. The summed E-state index contributed by atoms with van der Waals surface area (Å²) in [5.74, 6) is -0.853. The molecule has 30 heavy (non-hydrogen) atoms. The number of morpholine rings is 1. The summed E-state index contributed by atoms with van der Waals surface area (Å²) in [4.78, 5) is 26.6. The molecule has 0 saturated carbocycles. The first-order valence-electron chi connectivity index (χ1n) is 10.1. The number of ether oxygens (including phenoxy) is 1. The molecule has 3 rings (SSSR count). The molecule has 9 heteroatoms. The molecule has 1 aromatic carbocycles. The number of aryl methyl sites for hydroxylation is 1. The molecule has 0 spiro atoms. The molecule has 1 aliphatic rings. The maximum atomic E-state index is 14.7. The topological polar surface area (TPSA) is 76.5 Å². The normalized spacial score (nSPS) is 18.2. The van der Waals surface area contributed by atoms with Crippen molar-refractivity contribution in [1.82, 2.24) is 20.0 Å². The van der Waals surface area contributed by atoms with Crippen molar-refractivity contribution in [1.29, 1.82) is 0 Å². The molecule has 0 radical (unpaired) electrons. The number of nitrogens with zero attached hydrogens (tertiary/aromatic N) is 3. The van der Waals surface area contributed by atoms with E-state index in [1.165, 1.54) is 22.9 Å². The molecule has 1 fully saturated rings. The molecule has 0 aliphatic carbocycles. The molecule has 1 N–H and O–H groups in total. The summed E-state index contributed by atoms with van der Waals surface area (Å²) in [5, 5.41) is 7.27. The molecule has 1 saturated heterocycles. The first-order valence-corrected chi connectivity index (χ1v) is 10.4. The van der Waals surface area contributed by atoms with Gasteiger partial charge < -0.3 is 10.1 Å². The summed E-state index contributed by atoms with van der Waals surface area (Å²) in [6.45, 7) is 6.14. The molecule has 7 nitrogen and oxygen atoms in total. The number of hydrogen-bond acceptors (Lipinski definition) is 5. The van der Waals surface area contributed by atoms with E-state index in [9.17, 15) is 14.0 Å². The minimum Gasteiger partial charge on any atom is -0.376 e. The van der Waals surface area contributed by atoms with Gasteiger partial charge in [-0.15, -0.1) is 0 Å². The Morgan fingerprint density at radius 2 is 2.20 bits per heavy atom. The highest BCUT2D eigenvalue weighted by Gasteiger charge is 2.29. The highest BCUT2D eigenvalue weighted by molar-refractivity contribution is 6.31. The lowest BCUT2D eigenvalue weighted by molar-refractivity contribution is -0.0346. The third kappa shape index (κ3) is 5.24. The molecule has 1 aliphatic heterocycles. The Kier molecular flexibility index (Phi) is 7.58. The van der Waals surface area contributed by atoms with Crippen molar-refractivity contribution in [3.05, 3.63) is 62.8 Å². The predicted octanol–water partition coefficient (Wildman–Crippen LogP) is 2.64. The maximum Gasteiger partial charge on any atom is 0.271 e. The second-order valence-electron chi connectivity index (χ2n) is 7.32. The summed E-state index contributed by atoms with van der Waals surface area (Å²) in [5.41, 5.74) is 0.223. The summed E-state index contributed by atoms with van der Waals surface area (Å²) in [6, 6.07) is 6.82. The number of carbonyl (C=O) groups is 1. The van der Waals surface area contributed by atoms with Gasteiger partial charge in [-0.25, -0.2) is 9.07 Å². The molecule has 2 aromatic rings. The van der Waals surface area contributed by atoms with Crippen molar-refractivity contribution in [3.63, 3.8) is 0 Å². The second kappa shape index (κ2) is 10.1. The Labute approximate surface area is 179 Å². The SMILES string of the molecule is CCCn1nc(C(=O)NCC(c2c(F)cccc2Cl)N2CCOC(C)C2)ccc1=O. The van der Waals surface area contributed by atoms with Crippen LogP contribution in [-0.4, -0.2) is 52.9 Å². The summed E-state index contributed by atoms with van der Waals surface area (Å²) in [6.07, 6.45) is 0.711. The van der Waals surface area contributed by atoms with Gasteiger partial charge in [-0.3, -0.25) is 14.5 Å². The first-order chi connectivity index (χ1) is 14.4. The molecular weight excluding hydrogens is 411 g/mol. The van der Waals surface area contributed by atoms with E-state index < -0.39 is 17.8 Å². The Morgan fingerprint density at radius 3 is 2.90 bits per heavy atom. The van der Waals surface area contributed by atoms with E-state index >= 15 is 0 Å². The van der Waals surface area contributed by atoms with Gasteiger partial charge in [0, 0.05) is 42.8 Å². The van der Waals surface area contributed by atoms with Crippen LogP contribution in [0.15, 0.2) is 35.1 Å². The van der Waals surface area contributed by atoms with E-state index in [2.05, 4.69) is 15.3 Å². The van der Waals surface area contributed by atoms with Crippen LogP contribution in [0.1, 0.15) is 42.4 Å². The average molecular weight is 437 g/mol. The average Bonchev–Trinajstić information content (AvgIpc) is 2.71. The summed E-state index contributed by atoms with van der Waals surface area (Å²) >= 11 is 6.32. The van der Waals surface area contributed by atoms with E-state index in [1.54, 1.807) is 12.1 Å². The summed E-state index contributed by atoms with van der Waals surface area (Å²) < 4.78 is 21.5.